The summed E-state index contributed by atoms with van der Waals surface area (Å²) in [6.07, 6.45) is -4.56. The van der Waals surface area contributed by atoms with Gasteiger partial charge in [-0.2, -0.15) is 13.2 Å². The predicted octanol–water partition coefficient (Wildman–Crippen LogP) is 4.97. The number of carbonyl (C=O) groups excluding carboxylic acids is 2. The fourth-order valence-electron chi connectivity index (χ4n) is 2.51. The van der Waals surface area contributed by atoms with Gasteiger partial charge in [0.25, 0.3) is 0 Å². The number of hydrogen-bond donors (Lipinski definition) is 1. The number of hydrogen-bond acceptors (Lipinski definition) is 2. The minimum atomic E-state index is -4.56. The molecule has 2 amide bonds. The second kappa shape index (κ2) is 8.00. The number of anilines is 2. The highest BCUT2D eigenvalue weighted by Crippen LogP contribution is 2.33. The van der Waals surface area contributed by atoms with Gasteiger partial charge in [0, 0.05) is 12.6 Å². The van der Waals surface area contributed by atoms with Crippen LogP contribution in [0.1, 0.15) is 23.6 Å². The summed E-state index contributed by atoms with van der Waals surface area (Å²) in [5.74, 6) is -1.03. The summed E-state index contributed by atoms with van der Waals surface area (Å²) in [5, 5.41) is 2.32. The first-order valence-corrected chi connectivity index (χ1v) is 8.39. The van der Waals surface area contributed by atoms with Crippen LogP contribution in [-0.4, -0.2) is 18.4 Å². The second-order valence-corrected chi connectivity index (χ2v) is 6.54. The van der Waals surface area contributed by atoms with Crippen molar-refractivity contribution in [1.82, 2.24) is 0 Å². The van der Waals surface area contributed by atoms with Crippen molar-refractivity contribution in [2.24, 2.45) is 0 Å². The lowest BCUT2D eigenvalue weighted by Crippen LogP contribution is -2.37. The molecule has 0 aliphatic rings. The molecule has 0 atom stereocenters. The first kappa shape index (κ1) is 20.8. The number of nitrogens with one attached hydrogen (secondary N) is 1. The van der Waals surface area contributed by atoms with E-state index in [1.165, 1.54) is 11.8 Å². The molecule has 0 aliphatic carbocycles. The van der Waals surface area contributed by atoms with Crippen LogP contribution < -0.4 is 10.2 Å². The van der Waals surface area contributed by atoms with Gasteiger partial charge in [0.15, 0.2) is 0 Å². The SMILES string of the molecule is CC(=O)N(CC(=O)Nc1cc(C(F)(F)F)ccc1Cl)c1cc(C)ccc1C. The van der Waals surface area contributed by atoms with Gasteiger partial charge in [-0.1, -0.05) is 23.7 Å². The van der Waals surface area contributed by atoms with Gasteiger partial charge in [-0.15, -0.1) is 0 Å². The third-order valence-electron chi connectivity index (χ3n) is 3.91. The molecule has 144 valence electrons. The van der Waals surface area contributed by atoms with E-state index in [1.807, 2.05) is 19.1 Å². The predicted molar refractivity (Wildman–Crippen MR) is 99.0 cm³/mol. The molecule has 0 saturated carbocycles. The van der Waals surface area contributed by atoms with Gasteiger partial charge in [-0.3, -0.25) is 9.59 Å². The van der Waals surface area contributed by atoms with Crippen molar-refractivity contribution in [3.05, 3.63) is 58.1 Å². The lowest BCUT2D eigenvalue weighted by molar-refractivity contribution is -0.137. The fraction of sp³-hybridized carbons (Fsp3) is 0.263. The Morgan fingerprint density at radius 2 is 1.78 bits per heavy atom. The fourth-order valence-corrected chi connectivity index (χ4v) is 2.67. The van der Waals surface area contributed by atoms with E-state index in [-0.39, 0.29) is 23.2 Å². The molecule has 0 heterocycles. The quantitative estimate of drug-likeness (QED) is 0.790. The van der Waals surface area contributed by atoms with Crippen LogP contribution in [-0.2, 0) is 15.8 Å². The Hall–Kier alpha value is -2.54. The van der Waals surface area contributed by atoms with Crippen molar-refractivity contribution in [2.45, 2.75) is 26.9 Å². The largest absolute Gasteiger partial charge is 0.416 e. The van der Waals surface area contributed by atoms with E-state index in [0.29, 0.717) is 5.69 Å². The smallest absolute Gasteiger partial charge is 0.323 e. The van der Waals surface area contributed by atoms with Crippen molar-refractivity contribution in [2.75, 3.05) is 16.8 Å². The van der Waals surface area contributed by atoms with Crippen LogP contribution in [0.3, 0.4) is 0 Å². The minimum Gasteiger partial charge on any atom is -0.323 e. The van der Waals surface area contributed by atoms with Crippen LogP contribution >= 0.6 is 11.6 Å². The maximum Gasteiger partial charge on any atom is 0.416 e. The first-order chi connectivity index (χ1) is 12.5. The first-order valence-electron chi connectivity index (χ1n) is 8.01. The van der Waals surface area contributed by atoms with Crippen LogP contribution in [0.15, 0.2) is 36.4 Å². The summed E-state index contributed by atoms with van der Waals surface area (Å²) in [7, 11) is 0. The van der Waals surface area contributed by atoms with E-state index in [1.54, 1.807) is 13.0 Å². The third kappa shape index (κ3) is 5.23. The number of carbonyl (C=O) groups is 2. The number of halogens is 4. The molecule has 2 rings (SSSR count). The number of amides is 2. The zero-order valence-corrected chi connectivity index (χ0v) is 15.7. The molecule has 2 aromatic rings. The molecule has 0 aromatic heterocycles. The van der Waals surface area contributed by atoms with Crippen molar-refractivity contribution in [1.29, 1.82) is 0 Å². The van der Waals surface area contributed by atoms with Crippen molar-refractivity contribution in [3.63, 3.8) is 0 Å². The van der Waals surface area contributed by atoms with Gasteiger partial charge in [-0.05, 0) is 49.2 Å². The van der Waals surface area contributed by atoms with Crippen LogP contribution in [0.5, 0.6) is 0 Å². The maximum atomic E-state index is 12.8. The Morgan fingerprint density at radius 1 is 1.11 bits per heavy atom. The van der Waals surface area contributed by atoms with Crippen LogP contribution in [0.4, 0.5) is 24.5 Å². The Kier molecular flexibility index (Phi) is 6.15. The van der Waals surface area contributed by atoms with Crippen LogP contribution in [0, 0.1) is 13.8 Å². The monoisotopic (exact) mass is 398 g/mol. The van der Waals surface area contributed by atoms with E-state index < -0.39 is 17.6 Å². The molecular weight excluding hydrogens is 381 g/mol. The number of benzene rings is 2. The molecule has 8 heteroatoms. The van der Waals surface area contributed by atoms with Gasteiger partial charge in [0.05, 0.1) is 16.3 Å². The van der Waals surface area contributed by atoms with Gasteiger partial charge >= 0.3 is 6.18 Å². The Labute approximate surface area is 159 Å². The summed E-state index contributed by atoms with van der Waals surface area (Å²) in [6, 6.07) is 8.11. The lowest BCUT2D eigenvalue weighted by Gasteiger charge is -2.23. The number of alkyl halides is 3. The molecule has 1 N–H and O–H groups in total. The third-order valence-corrected chi connectivity index (χ3v) is 4.23. The maximum absolute atomic E-state index is 12.8. The van der Waals surface area contributed by atoms with Gasteiger partial charge in [0.1, 0.15) is 6.54 Å². The standard InChI is InChI=1S/C19H18ClF3N2O2/c1-11-4-5-12(2)17(8-11)25(13(3)26)10-18(27)24-16-9-14(19(21,22)23)6-7-15(16)20/h4-9H,10H2,1-3H3,(H,24,27). The molecule has 27 heavy (non-hydrogen) atoms. The molecule has 0 fully saturated rings. The molecule has 0 saturated heterocycles. The van der Waals surface area contributed by atoms with E-state index in [0.717, 1.165) is 29.3 Å². The summed E-state index contributed by atoms with van der Waals surface area (Å²) >= 11 is 5.89. The highest BCUT2D eigenvalue weighted by atomic mass is 35.5. The van der Waals surface area contributed by atoms with Crippen LogP contribution in [0.2, 0.25) is 5.02 Å². The van der Waals surface area contributed by atoms with Crippen molar-refractivity contribution < 1.29 is 22.8 Å². The number of aryl methyl sites for hydroxylation is 2. The average molecular weight is 399 g/mol. The molecule has 4 nitrogen and oxygen atoms in total. The van der Waals surface area contributed by atoms with Gasteiger partial charge in [-0.25, -0.2) is 0 Å². The molecule has 0 spiro atoms. The Bertz CT molecular complexity index is 882. The van der Waals surface area contributed by atoms with Gasteiger partial charge < -0.3 is 10.2 Å². The summed E-state index contributed by atoms with van der Waals surface area (Å²) in [6.45, 7) is 4.61. The normalized spacial score (nSPS) is 11.2. The summed E-state index contributed by atoms with van der Waals surface area (Å²) < 4.78 is 38.5. The Morgan fingerprint density at radius 3 is 2.37 bits per heavy atom. The van der Waals surface area contributed by atoms with Crippen LogP contribution in [0.25, 0.3) is 0 Å². The highest BCUT2D eigenvalue weighted by molar-refractivity contribution is 6.33. The molecule has 2 aromatic carbocycles. The molecular formula is C19H18ClF3N2O2. The zero-order chi connectivity index (χ0) is 20.4. The Balaban J connectivity index is 2.25. The highest BCUT2D eigenvalue weighted by Gasteiger charge is 2.31. The lowest BCUT2D eigenvalue weighted by atomic mass is 10.1. The number of nitrogens with zero attached hydrogens (tertiary/aromatic N) is 1. The topological polar surface area (TPSA) is 49.4 Å². The van der Waals surface area contributed by atoms with E-state index in [2.05, 4.69) is 5.32 Å². The van der Waals surface area contributed by atoms with Crippen molar-refractivity contribution >= 4 is 34.8 Å². The zero-order valence-electron chi connectivity index (χ0n) is 14.9. The van der Waals surface area contributed by atoms with E-state index >= 15 is 0 Å². The second-order valence-electron chi connectivity index (χ2n) is 6.14. The minimum absolute atomic E-state index is 0.0301. The summed E-state index contributed by atoms with van der Waals surface area (Å²) in [4.78, 5) is 25.6. The average Bonchev–Trinajstić information content (AvgIpc) is 2.56. The summed E-state index contributed by atoms with van der Waals surface area (Å²) in [5.41, 5.74) is 1.16. The van der Waals surface area contributed by atoms with E-state index in [4.69, 9.17) is 11.6 Å². The van der Waals surface area contributed by atoms with Crippen molar-refractivity contribution in [3.8, 4) is 0 Å². The van der Waals surface area contributed by atoms with E-state index in [9.17, 15) is 22.8 Å². The van der Waals surface area contributed by atoms with Gasteiger partial charge in [0.2, 0.25) is 11.8 Å². The number of rotatable bonds is 4. The molecule has 0 bridgehead atoms. The molecule has 0 aliphatic heterocycles. The molecule has 0 unspecified atom stereocenters. The molecule has 0 radical (unpaired) electrons.